The van der Waals surface area contributed by atoms with Crippen LogP contribution in [0.15, 0.2) is 41.4 Å². The predicted octanol–water partition coefficient (Wildman–Crippen LogP) is 3.28. The van der Waals surface area contributed by atoms with Gasteiger partial charge in [-0.25, -0.2) is 0 Å². The van der Waals surface area contributed by atoms with Gasteiger partial charge >= 0.3 is 0 Å². The van der Waals surface area contributed by atoms with E-state index < -0.39 is 0 Å². The van der Waals surface area contributed by atoms with Crippen LogP contribution in [0.2, 0.25) is 0 Å². The second-order valence-electron chi connectivity index (χ2n) is 2.86. The highest BCUT2D eigenvalue weighted by atomic mass is 32.1. The van der Waals surface area contributed by atoms with E-state index >= 15 is 0 Å². The minimum atomic E-state index is 0.126. The van der Waals surface area contributed by atoms with Crippen molar-refractivity contribution in [3.05, 3.63) is 36.4 Å². The summed E-state index contributed by atoms with van der Waals surface area (Å²) in [5, 5.41) is 13.7. The average molecular weight is 201 g/mol. The van der Waals surface area contributed by atoms with Crippen LogP contribution in [-0.2, 0) is 0 Å². The number of hydrogen-bond acceptors (Lipinski definition) is 3. The van der Waals surface area contributed by atoms with Gasteiger partial charge in [-0.15, -0.1) is 0 Å². The molecule has 2 nitrogen and oxygen atoms in total. The first-order valence-corrected chi connectivity index (χ1v) is 4.52. The average Bonchev–Trinajstić information content (AvgIpc) is 2.23. The highest BCUT2D eigenvalue weighted by Crippen LogP contribution is 2.34. The van der Waals surface area contributed by atoms with Crippen molar-refractivity contribution in [2.75, 3.05) is 0 Å². The van der Waals surface area contributed by atoms with Gasteiger partial charge in [-0.1, -0.05) is 30.3 Å². The Labute approximate surface area is 86.5 Å². The molecule has 0 heterocycles. The van der Waals surface area contributed by atoms with E-state index in [0.29, 0.717) is 5.69 Å². The molecule has 0 bridgehead atoms. The van der Waals surface area contributed by atoms with E-state index in [1.165, 1.54) is 0 Å². The first kappa shape index (κ1) is 8.88. The van der Waals surface area contributed by atoms with Crippen LogP contribution in [0.25, 0.3) is 10.8 Å². The first-order chi connectivity index (χ1) is 6.83. The van der Waals surface area contributed by atoms with Crippen LogP contribution < -0.4 is 0 Å². The number of rotatable bonds is 1. The molecule has 0 saturated heterocycles. The van der Waals surface area contributed by atoms with Gasteiger partial charge in [0.25, 0.3) is 0 Å². The van der Waals surface area contributed by atoms with Gasteiger partial charge in [0.1, 0.15) is 11.4 Å². The highest BCUT2D eigenvalue weighted by molar-refractivity contribution is 7.78. The molecule has 0 aromatic heterocycles. The summed E-state index contributed by atoms with van der Waals surface area (Å²) < 4.78 is 0. The highest BCUT2D eigenvalue weighted by Gasteiger charge is 2.03. The molecule has 0 aliphatic carbocycles. The van der Waals surface area contributed by atoms with Gasteiger partial charge in [0.15, 0.2) is 0 Å². The van der Waals surface area contributed by atoms with E-state index in [4.69, 9.17) is 0 Å². The normalized spacial score (nSPS) is 9.71. The number of fused-ring (bicyclic) bond motifs is 1. The first-order valence-electron chi connectivity index (χ1n) is 4.11. The van der Waals surface area contributed by atoms with Gasteiger partial charge in [-0.3, -0.25) is 0 Å². The zero-order valence-electron chi connectivity index (χ0n) is 7.27. The Balaban J connectivity index is 2.89. The van der Waals surface area contributed by atoms with Crippen LogP contribution in [0.4, 0.5) is 5.69 Å². The summed E-state index contributed by atoms with van der Waals surface area (Å²) in [6.07, 6.45) is 0. The van der Waals surface area contributed by atoms with Crippen molar-refractivity contribution in [1.29, 1.82) is 0 Å². The Bertz CT molecular complexity index is 530. The summed E-state index contributed by atoms with van der Waals surface area (Å²) in [6, 6.07) is 11.1. The van der Waals surface area contributed by atoms with Gasteiger partial charge in [0.05, 0.1) is 5.16 Å². The van der Waals surface area contributed by atoms with Gasteiger partial charge in [-0.2, -0.15) is 4.99 Å². The van der Waals surface area contributed by atoms with E-state index in [2.05, 4.69) is 22.4 Å². The van der Waals surface area contributed by atoms with Crippen molar-refractivity contribution in [3.8, 4) is 5.75 Å². The van der Waals surface area contributed by atoms with Crippen LogP contribution in [0, 0.1) is 0 Å². The van der Waals surface area contributed by atoms with Gasteiger partial charge in [0.2, 0.25) is 0 Å². The lowest BCUT2D eigenvalue weighted by Gasteiger charge is -2.02. The van der Waals surface area contributed by atoms with Crippen molar-refractivity contribution in [1.82, 2.24) is 0 Å². The summed E-state index contributed by atoms with van der Waals surface area (Å²) in [7, 11) is 0. The lowest BCUT2D eigenvalue weighted by atomic mass is 10.1. The molecule has 0 spiro atoms. The number of aliphatic imine (C=N–C) groups is 1. The number of hydrogen-bond donors (Lipinski definition) is 1. The lowest BCUT2D eigenvalue weighted by molar-refractivity contribution is 0.477. The fourth-order valence-electron chi connectivity index (χ4n) is 1.41. The fraction of sp³-hybridized carbons (Fsp3) is 0. The molecule has 2 aromatic carbocycles. The smallest absolute Gasteiger partial charge is 0.142 e. The third-order valence-electron chi connectivity index (χ3n) is 2.04. The van der Waals surface area contributed by atoms with Gasteiger partial charge in [0, 0.05) is 5.39 Å². The molecule has 0 aliphatic rings. The molecule has 0 saturated carbocycles. The number of nitrogens with zero attached hydrogens (tertiary/aromatic N) is 1. The molecule has 0 fully saturated rings. The van der Waals surface area contributed by atoms with Crippen LogP contribution in [0.3, 0.4) is 0 Å². The van der Waals surface area contributed by atoms with Crippen molar-refractivity contribution in [2.24, 2.45) is 4.99 Å². The van der Waals surface area contributed by atoms with Crippen LogP contribution in [-0.4, -0.2) is 10.3 Å². The van der Waals surface area contributed by atoms with E-state index in [-0.39, 0.29) is 5.75 Å². The minimum absolute atomic E-state index is 0.126. The number of aromatic hydroxyl groups is 1. The Kier molecular flexibility index (Phi) is 2.27. The monoisotopic (exact) mass is 201 g/mol. The third kappa shape index (κ3) is 1.39. The Morgan fingerprint density at radius 1 is 1.14 bits per heavy atom. The predicted molar refractivity (Wildman–Crippen MR) is 60.3 cm³/mol. The number of benzene rings is 2. The molecule has 0 unspecified atom stereocenters. The maximum atomic E-state index is 9.56. The van der Waals surface area contributed by atoms with Gasteiger partial charge in [-0.05, 0) is 23.7 Å². The van der Waals surface area contributed by atoms with E-state index in [1.54, 1.807) is 6.07 Å². The topological polar surface area (TPSA) is 32.6 Å². The molecule has 0 atom stereocenters. The third-order valence-corrected chi connectivity index (χ3v) is 2.13. The zero-order valence-corrected chi connectivity index (χ0v) is 8.08. The van der Waals surface area contributed by atoms with Crippen molar-refractivity contribution < 1.29 is 5.11 Å². The molecule has 0 amide bonds. The van der Waals surface area contributed by atoms with E-state index in [1.807, 2.05) is 30.3 Å². The second kappa shape index (κ2) is 3.58. The van der Waals surface area contributed by atoms with Crippen molar-refractivity contribution in [2.45, 2.75) is 0 Å². The molecule has 1 N–H and O–H groups in total. The number of phenols is 1. The zero-order chi connectivity index (χ0) is 9.97. The van der Waals surface area contributed by atoms with E-state index in [9.17, 15) is 5.11 Å². The molecular weight excluding hydrogens is 194 g/mol. The second-order valence-corrected chi connectivity index (χ2v) is 3.04. The van der Waals surface area contributed by atoms with Crippen LogP contribution >= 0.6 is 12.2 Å². The van der Waals surface area contributed by atoms with Crippen LogP contribution in [0.1, 0.15) is 0 Å². The van der Waals surface area contributed by atoms with Crippen molar-refractivity contribution in [3.63, 3.8) is 0 Å². The fourth-order valence-corrected chi connectivity index (χ4v) is 1.50. The molecule has 0 radical (unpaired) electrons. The minimum Gasteiger partial charge on any atom is -0.506 e. The Morgan fingerprint density at radius 2 is 1.93 bits per heavy atom. The number of isothiocyanates is 1. The molecule has 2 rings (SSSR count). The summed E-state index contributed by atoms with van der Waals surface area (Å²) in [5.74, 6) is 0.126. The number of thiocarbonyl (C=S) groups is 1. The van der Waals surface area contributed by atoms with E-state index in [0.717, 1.165) is 10.8 Å². The summed E-state index contributed by atoms with van der Waals surface area (Å²) >= 11 is 4.53. The lowest BCUT2D eigenvalue weighted by Crippen LogP contribution is -1.74. The Hall–Kier alpha value is -1.70. The molecule has 68 valence electrons. The Morgan fingerprint density at radius 3 is 2.71 bits per heavy atom. The largest absolute Gasteiger partial charge is 0.506 e. The molecule has 3 heteroatoms. The molecule has 0 aliphatic heterocycles. The SMILES string of the molecule is Oc1ccc2ccccc2c1N=C=S. The summed E-state index contributed by atoms with van der Waals surface area (Å²) in [4.78, 5) is 3.85. The number of phenolic OH excluding ortho intramolecular Hbond substituents is 1. The molecule has 14 heavy (non-hydrogen) atoms. The molecular formula is C11H7NOS. The van der Waals surface area contributed by atoms with Gasteiger partial charge < -0.3 is 5.11 Å². The quantitative estimate of drug-likeness (QED) is 0.567. The maximum absolute atomic E-state index is 9.56. The summed E-state index contributed by atoms with van der Waals surface area (Å²) in [5.41, 5.74) is 0.484. The van der Waals surface area contributed by atoms with Crippen molar-refractivity contribution >= 4 is 33.8 Å². The summed E-state index contributed by atoms with van der Waals surface area (Å²) in [6.45, 7) is 0. The maximum Gasteiger partial charge on any atom is 0.142 e. The standard InChI is InChI=1S/C11H7NOS/c13-10-6-5-8-3-1-2-4-9(8)11(10)12-7-14/h1-6,13H. The molecule has 2 aromatic rings. The van der Waals surface area contributed by atoms with Crippen LogP contribution in [0.5, 0.6) is 5.75 Å².